The van der Waals surface area contributed by atoms with Crippen molar-refractivity contribution in [3.63, 3.8) is 0 Å². The third kappa shape index (κ3) is 7.34. The smallest absolute Gasteiger partial charge is 0.00743 e. The molecule has 0 aliphatic carbocycles. The topological polar surface area (TPSA) is 26.0 Å². The molecule has 2 N–H and O–H groups in total. The Hall–Kier alpha value is -0.560. The van der Waals surface area contributed by atoms with Gasteiger partial charge in [0, 0.05) is 0 Å². The third-order valence-corrected chi connectivity index (χ3v) is 1.39. The van der Waals surface area contributed by atoms with E-state index >= 15 is 0 Å². The van der Waals surface area contributed by atoms with Gasteiger partial charge in [-0.1, -0.05) is 23.3 Å². The average molecular weight is 153 g/mol. The maximum absolute atomic E-state index is 5.37. The number of rotatable bonds is 4. The minimum absolute atomic E-state index is 0.790. The molecular formula is C10H19N. The summed E-state index contributed by atoms with van der Waals surface area (Å²) in [6.07, 6.45) is 6.62. The molecule has 11 heavy (non-hydrogen) atoms. The fourth-order valence-electron chi connectivity index (χ4n) is 0.962. The Kier molecular flexibility index (Phi) is 5.86. The Balaban J connectivity index is 3.72. The summed E-state index contributed by atoms with van der Waals surface area (Å²) in [5, 5.41) is 0. The Morgan fingerprint density at radius 1 is 1.27 bits per heavy atom. The molecular weight excluding hydrogens is 134 g/mol. The van der Waals surface area contributed by atoms with E-state index in [0.717, 1.165) is 19.4 Å². The first kappa shape index (κ1) is 10.4. The molecule has 0 rings (SSSR count). The predicted molar refractivity (Wildman–Crippen MR) is 51.5 cm³/mol. The van der Waals surface area contributed by atoms with Crippen LogP contribution in [0.1, 0.15) is 33.6 Å². The first-order chi connectivity index (χ1) is 5.16. The zero-order valence-electron chi connectivity index (χ0n) is 7.85. The lowest BCUT2D eigenvalue weighted by molar-refractivity contribution is 0.851. The summed E-state index contributed by atoms with van der Waals surface area (Å²) in [7, 11) is 0. The van der Waals surface area contributed by atoms with Gasteiger partial charge in [0.05, 0.1) is 0 Å². The minimum atomic E-state index is 0.790. The maximum atomic E-state index is 5.37. The van der Waals surface area contributed by atoms with Gasteiger partial charge in [0.15, 0.2) is 0 Å². The van der Waals surface area contributed by atoms with E-state index in [1.807, 2.05) is 0 Å². The van der Waals surface area contributed by atoms with Gasteiger partial charge in [0.25, 0.3) is 0 Å². The SMILES string of the molecule is CC(C)=C/C(C)=C/CCCN. The quantitative estimate of drug-likeness (QED) is 0.487. The van der Waals surface area contributed by atoms with Crippen molar-refractivity contribution in [2.45, 2.75) is 33.6 Å². The van der Waals surface area contributed by atoms with Gasteiger partial charge in [-0.3, -0.25) is 0 Å². The molecule has 0 fully saturated rings. The lowest BCUT2D eigenvalue weighted by atomic mass is 10.1. The number of allylic oxidation sites excluding steroid dienone is 4. The lowest BCUT2D eigenvalue weighted by Crippen LogP contribution is -1.96. The summed E-state index contributed by atoms with van der Waals surface area (Å²) < 4.78 is 0. The monoisotopic (exact) mass is 153 g/mol. The van der Waals surface area contributed by atoms with Crippen LogP contribution >= 0.6 is 0 Å². The highest BCUT2D eigenvalue weighted by Crippen LogP contribution is 2.02. The van der Waals surface area contributed by atoms with Crippen LogP contribution in [0, 0.1) is 0 Å². The van der Waals surface area contributed by atoms with Crippen molar-refractivity contribution in [3.8, 4) is 0 Å². The largest absolute Gasteiger partial charge is 0.330 e. The Bertz CT molecular complexity index is 150. The van der Waals surface area contributed by atoms with Gasteiger partial charge in [-0.15, -0.1) is 0 Å². The summed E-state index contributed by atoms with van der Waals surface area (Å²) >= 11 is 0. The van der Waals surface area contributed by atoms with Crippen LogP contribution in [0.3, 0.4) is 0 Å². The van der Waals surface area contributed by atoms with Gasteiger partial charge in [-0.25, -0.2) is 0 Å². The van der Waals surface area contributed by atoms with E-state index in [2.05, 4.69) is 32.9 Å². The highest BCUT2D eigenvalue weighted by molar-refractivity contribution is 5.19. The zero-order chi connectivity index (χ0) is 8.69. The molecule has 0 amide bonds. The van der Waals surface area contributed by atoms with Crippen LogP contribution in [0.15, 0.2) is 23.3 Å². The number of hydrogen-bond acceptors (Lipinski definition) is 1. The number of unbranched alkanes of at least 4 members (excludes halogenated alkanes) is 1. The number of nitrogens with two attached hydrogens (primary N) is 1. The van der Waals surface area contributed by atoms with Gasteiger partial charge < -0.3 is 5.73 Å². The second-order valence-electron chi connectivity index (χ2n) is 3.10. The van der Waals surface area contributed by atoms with E-state index in [-0.39, 0.29) is 0 Å². The molecule has 0 aliphatic rings. The molecule has 0 radical (unpaired) electrons. The van der Waals surface area contributed by atoms with Gasteiger partial charge in [0.2, 0.25) is 0 Å². The van der Waals surface area contributed by atoms with Gasteiger partial charge in [-0.2, -0.15) is 0 Å². The molecule has 0 heterocycles. The van der Waals surface area contributed by atoms with Crippen LogP contribution in [-0.4, -0.2) is 6.54 Å². The highest BCUT2D eigenvalue weighted by atomic mass is 14.5. The normalized spacial score (nSPS) is 11.5. The summed E-state index contributed by atoms with van der Waals surface area (Å²) in [6.45, 7) is 7.14. The van der Waals surface area contributed by atoms with Crippen LogP contribution < -0.4 is 5.73 Å². The van der Waals surface area contributed by atoms with Gasteiger partial charge in [-0.05, 0) is 40.2 Å². The van der Waals surface area contributed by atoms with Crippen LogP contribution in [0.2, 0.25) is 0 Å². The molecule has 64 valence electrons. The Morgan fingerprint density at radius 3 is 2.36 bits per heavy atom. The van der Waals surface area contributed by atoms with Crippen molar-refractivity contribution in [3.05, 3.63) is 23.3 Å². The first-order valence-corrected chi connectivity index (χ1v) is 4.18. The molecule has 0 aromatic carbocycles. The van der Waals surface area contributed by atoms with Crippen molar-refractivity contribution in [2.75, 3.05) is 6.54 Å². The predicted octanol–water partition coefficient (Wildman–Crippen LogP) is 2.64. The molecule has 1 heteroatoms. The van der Waals surface area contributed by atoms with Crippen LogP contribution in [0.5, 0.6) is 0 Å². The van der Waals surface area contributed by atoms with Crippen molar-refractivity contribution in [1.29, 1.82) is 0 Å². The van der Waals surface area contributed by atoms with Gasteiger partial charge >= 0.3 is 0 Å². The molecule has 0 bridgehead atoms. The molecule has 0 atom stereocenters. The fraction of sp³-hybridized carbons (Fsp3) is 0.600. The molecule has 0 aromatic heterocycles. The van der Waals surface area contributed by atoms with Crippen molar-refractivity contribution < 1.29 is 0 Å². The Morgan fingerprint density at radius 2 is 1.91 bits per heavy atom. The van der Waals surface area contributed by atoms with E-state index < -0.39 is 0 Å². The second-order valence-corrected chi connectivity index (χ2v) is 3.10. The summed E-state index contributed by atoms with van der Waals surface area (Å²) in [4.78, 5) is 0. The lowest BCUT2D eigenvalue weighted by Gasteiger charge is -1.94. The van der Waals surface area contributed by atoms with E-state index in [9.17, 15) is 0 Å². The van der Waals surface area contributed by atoms with Crippen LogP contribution in [-0.2, 0) is 0 Å². The fourth-order valence-corrected chi connectivity index (χ4v) is 0.962. The zero-order valence-corrected chi connectivity index (χ0v) is 7.85. The third-order valence-electron chi connectivity index (χ3n) is 1.39. The first-order valence-electron chi connectivity index (χ1n) is 4.18. The standard InChI is InChI=1S/C10H19N/c1-9(2)8-10(3)6-4-5-7-11/h6,8H,4-5,7,11H2,1-3H3/b10-6+. The molecule has 0 aromatic rings. The van der Waals surface area contributed by atoms with Gasteiger partial charge in [0.1, 0.15) is 0 Å². The second kappa shape index (κ2) is 6.17. The molecule has 0 unspecified atom stereocenters. The summed E-state index contributed by atoms with van der Waals surface area (Å²) in [5.74, 6) is 0. The van der Waals surface area contributed by atoms with E-state index in [0.29, 0.717) is 0 Å². The molecule has 0 saturated heterocycles. The van der Waals surface area contributed by atoms with Crippen molar-refractivity contribution in [1.82, 2.24) is 0 Å². The van der Waals surface area contributed by atoms with Crippen molar-refractivity contribution in [2.24, 2.45) is 5.73 Å². The Labute approximate surface area is 70.0 Å². The summed E-state index contributed by atoms with van der Waals surface area (Å²) in [5.41, 5.74) is 8.07. The molecule has 0 aliphatic heterocycles. The van der Waals surface area contributed by atoms with Crippen LogP contribution in [0.4, 0.5) is 0 Å². The molecule has 1 nitrogen and oxygen atoms in total. The minimum Gasteiger partial charge on any atom is -0.330 e. The maximum Gasteiger partial charge on any atom is -0.00743 e. The van der Waals surface area contributed by atoms with E-state index in [1.165, 1.54) is 11.1 Å². The number of hydrogen-bond donors (Lipinski definition) is 1. The van der Waals surface area contributed by atoms with Crippen LogP contribution in [0.25, 0.3) is 0 Å². The summed E-state index contributed by atoms with van der Waals surface area (Å²) in [6, 6.07) is 0. The van der Waals surface area contributed by atoms with E-state index in [4.69, 9.17) is 5.73 Å². The average Bonchev–Trinajstić information content (AvgIpc) is 1.86. The molecule has 0 spiro atoms. The molecule has 0 saturated carbocycles. The highest BCUT2D eigenvalue weighted by Gasteiger charge is 1.83. The van der Waals surface area contributed by atoms with E-state index in [1.54, 1.807) is 0 Å². The van der Waals surface area contributed by atoms with Crippen molar-refractivity contribution >= 4 is 0 Å².